The molecule has 0 saturated carbocycles. The van der Waals surface area contributed by atoms with Crippen LogP contribution in [0.1, 0.15) is 23.9 Å². The Bertz CT molecular complexity index is 1790. The number of halogens is 1. The number of Topliss-reactive ketones (excluding diaryl/α,β-unsaturated/α-hetero) is 1. The molecule has 0 bridgehead atoms. The summed E-state index contributed by atoms with van der Waals surface area (Å²) in [5.41, 5.74) is 0.609. The van der Waals surface area contributed by atoms with Crippen LogP contribution in [0.5, 0.6) is 17.2 Å². The third-order valence-corrected chi connectivity index (χ3v) is 8.04. The summed E-state index contributed by atoms with van der Waals surface area (Å²) in [6, 6.07) is 10.8. The zero-order chi connectivity index (χ0) is 27.6. The van der Waals surface area contributed by atoms with Crippen molar-refractivity contribution in [2.24, 2.45) is 0 Å². The number of methoxy groups -OCH3 is 2. The summed E-state index contributed by atoms with van der Waals surface area (Å²) in [5.74, 6) is -1.31. The van der Waals surface area contributed by atoms with Crippen molar-refractivity contribution in [3.63, 3.8) is 0 Å². The maximum Gasteiger partial charge on any atom is 0.352 e. The molecule has 0 fully saturated rings. The van der Waals surface area contributed by atoms with E-state index >= 15 is 0 Å². The van der Waals surface area contributed by atoms with E-state index in [2.05, 4.69) is 15.9 Å². The van der Waals surface area contributed by atoms with Crippen molar-refractivity contribution in [2.45, 2.75) is 24.9 Å². The molecular weight excluding hydrogens is 570 g/mol. The SMILES string of the molecule is COc1cc(O)c([C@H]2C3=CCn4c(=O)n(-c5ccccc5)c(=O)n4[C@@H]3CC3=C2C(=O)C=C(Br)C3=O)c(OC)c1. The van der Waals surface area contributed by atoms with Crippen LogP contribution in [0, 0.1) is 0 Å². The highest BCUT2D eigenvalue weighted by molar-refractivity contribution is 9.12. The van der Waals surface area contributed by atoms with E-state index in [0.717, 1.165) is 4.57 Å². The Morgan fingerprint density at radius 1 is 1.00 bits per heavy atom. The van der Waals surface area contributed by atoms with Crippen LogP contribution in [-0.2, 0) is 16.1 Å². The minimum Gasteiger partial charge on any atom is -0.507 e. The molecule has 2 heterocycles. The molecule has 0 spiro atoms. The third kappa shape index (κ3) is 3.60. The minimum atomic E-state index is -0.913. The van der Waals surface area contributed by atoms with Crippen molar-refractivity contribution in [1.82, 2.24) is 13.9 Å². The second kappa shape index (κ2) is 9.12. The van der Waals surface area contributed by atoms with Crippen LogP contribution < -0.4 is 20.9 Å². The molecule has 198 valence electrons. The molecule has 3 aromatic rings. The van der Waals surface area contributed by atoms with Crippen LogP contribution in [0.4, 0.5) is 0 Å². The Kier molecular flexibility index (Phi) is 5.83. The van der Waals surface area contributed by atoms with Gasteiger partial charge in [-0.3, -0.25) is 9.59 Å². The summed E-state index contributed by atoms with van der Waals surface area (Å²) in [4.78, 5) is 53.9. The van der Waals surface area contributed by atoms with Gasteiger partial charge in [0.05, 0.1) is 37.0 Å². The number of ketones is 2. The van der Waals surface area contributed by atoms with E-state index in [1.807, 2.05) is 0 Å². The highest BCUT2D eigenvalue weighted by Crippen LogP contribution is 2.54. The number of fused-ring (bicyclic) bond motifs is 3. The molecule has 2 atom stereocenters. The number of allylic oxidation sites excluding steroid dienone is 6. The Labute approximate surface area is 229 Å². The molecule has 0 amide bonds. The number of benzene rings is 2. The predicted octanol–water partition coefficient (Wildman–Crippen LogP) is 2.92. The standard InChI is InChI=1S/C28H22BrN3O7/c1-38-15-10-20(33)25(22(11-15)39-2)24-16-8-9-30-27(36)31(14-6-4-3-5-7-14)28(37)32(30)19(16)12-17-23(24)21(34)13-18(29)26(17)35/h3-8,10-11,13,19,24,33H,9,12H2,1-2H3/t19-,24+/m1/s1. The van der Waals surface area contributed by atoms with E-state index in [1.54, 1.807) is 42.5 Å². The quantitative estimate of drug-likeness (QED) is 0.365. The summed E-state index contributed by atoms with van der Waals surface area (Å²) in [5, 5.41) is 11.2. The smallest absolute Gasteiger partial charge is 0.352 e. The zero-order valence-electron chi connectivity index (χ0n) is 20.9. The first-order chi connectivity index (χ1) is 18.8. The molecule has 2 aliphatic carbocycles. The van der Waals surface area contributed by atoms with E-state index in [0.29, 0.717) is 17.0 Å². The summed E-state index contributed by atoms with van der Waals surface area (Å²) in [6.07, 6.45) is 3.02. The van der Waals surface area contributed by atoms with E-state index in [4.69, 9.17) is 9.47 Å². The Morgan fingerprint density at radius 2 is 1.74 bits per heavy atom. The first-order valence-corrected chi connectivity index (χ1v) is 12.9. The fourth-order valence-electron chi connectivity index (χ4n) is 5.77. The second-order valence-corrected chi connectivity index (χ2v) is 10.2. The molecular formula is C28H22BrN3O7. The number of hydrogen-bond acceptors (Lipinski definition) is 7. The number of carbonyl (C=O) groups excluding carboxylic acids is 2. The van der Waals surface area contributed by atoms with Gasteiger partial charge in [-0.05, 0) is 33.6 Å². The van der Waals surface area contributed by atoms with Crippen molar-refractivity contribution < 1.29 is 24.2 Å². The number of hydrogen-bond donors (Lipinski definition) is 1. The highest BCUT2D eigenvalue weighted by atomic mass is 79.9. The van der Waals surface area contributed by atoms with Gasteiger partial charge in [-0.25, -0.2) is 23.5 Å². The van der Waals surface area contributed by atoms with Crippen molar-refractivity contribution >= 4 is 27.5 Å². The van der Waals surface area contributed by atoms with Gasteiger partial charge in [-0.15, -0.1) is 0 Å². The number of para-hydroxylation sites is 1. The van der Waals surface area contributed by atoms with Gasteiger partial charge < -0.3 is 14.6 Å². The molecule has 1 aromatic heterocycles. The van der Waals surface area contributed by atoms with Crippen LogP contribution >= 0.6 is 15.9 Å². The second-order valence-electron chi connectivity index (χ2n) is 9.36. The Morgan fingerprint density at radius 3 is 2.44 bits per heavy atom. The molecule has 39 heavy (non-hydrogen) atoms. The minimum absolute atomic E-state index is 0.0164. The number of aromatic hydroxyl groups is 1. The maximum absolute atomic E-state index is 13.8. The normalized spacial score (nSPS) is 20.1. The number of ether oxygens (including phenoxy) is 2. The Balaban J connectivity index is 1.63. The van der Waals surface area contributed by atoms with E-state index in [9.17, 15) is 24.3 Å². The van der Waals surface area contributed by atoms with E-state index < -0.39 is 34.9 Å². The zero-order valence-corrected chi connectivity index (χ0v) is 22.5. The average Bonchev–Trinajstić information content (AvgIpc) is 3.20. The monoisotopic (exact) mass is 591 g/mol. The number of carbonyl (C=O) groups is 2. The fraction of sp³-hybridized carbons (Fsp3) is 0.214. The lowest BCUT2D eigenvalue weighted by molar-refractivity contribution is -0.115. The summed E-state index contributed by atoms with van der Waals surface area (Å²) in [7, 11) is 2.87. The molecule has 0 radical (unpaired) electrons. The fourth-order valence-corrected chi connectivity index (χ4v) is 6.22. The number of rotatable bonds is 4. The largest absolute Gasteiger partial charge is 0.507 e. The van der Waals surface area contributed by atoms with Gasteiger partial charge in [0, 0.05) is 47.3 Å². The van der Waals surface area contributed by atoms with Crippen molar-refractivity contribution in [3.8, 4) is 22.9 Å². The van der Waals surface area contributed by atoms with Crippen LogP contribution in [0.2, 0.25) is 0 Å². The van der Waals surface area contributed by atoms with Gasteiger partial charge in [0.15, 0.2) is 11.6 Å². The molecule has 6 rings (SSSR count). The molecule has 3 aliphatic rings. The average molecular weight is 592 g/mol. The molecule has 1 N–H and O–H groups in total. The maximum atomic E-state index is 13.8. The summed E-state index contributed by atoms with van der Waals surface area (Å²) < 4.78 is 14.7. The predicted molar refractivity (Wildman–Crippen MR) is 144 cm³/mol. The first kappa shape index (κ1) is 24.9. The van der Waals surface area contributed by atoms with Gasteiger partial charge in [-0.1, -0.05) is 24.3 Å². The molecule has 1 aliphatic heterocycles. The summed E-state index contributed by atoms with van der Waals surface area (Å²) in [6.45, 7) is 0.0553. The van der Waals surface area contributed by atoms with Crippen LogP contribution in [-0.4, -0.2) is 44.8 Å². The molecule has 0 unspecified atom stereocenters. The van der Waals surface area contributed by atoms with Gasteiger partial charge in [0.1, 0.15) is 17.2 Å². The highest BCUT2D eigenvalue weighted by Gasteiger charge is 2.46. The van der Waals surface area contributed by atoms with Crippen LogP contribution in [0.25, 0.3) is 5.69 Å². The Hall–Kier alpha value is -4.38. The van der Waals surface area contributed by atoms with Crippen molar-refractivity contribution in [3.05, 3.63) is 102 Å². The van der Waals surface area contributed by atoms with Crippen molar-refractivity contribution in [1.29, 1.82) is 0 Å². The number of phenols is 1. The van der Waals surface area contributed by atoms with Gasteiger partial charge >= 0.3 is 11.4 Å². The van der Waals surface area contributed by atoms with Crippen LogP contribution in [0.3, 0.4) is 0 Å². The van der Waals surface area contributed by atoms with Gasteiger partial charge in [0.25, 0.3) is 0 Å². The lowest BCUT2D eigenvalue weighted by Gasteiger charge is -2.39. The molecule has 0 saturated heterocycles. The van der Waals surface area contributed by atoms with Gasteiger partial charge in [0.2, 0.25) is 0 Å². The third-order valence-electron chi connectivity index (χ3n) is 7.45. The molecule has 10 nitrogen and oxygen atoms in total. The number of phenolic OH excluding ortho intramolecular Hbond substituents is 1. The lowest BCUT2D eigenvalue weighted by atomic mass is 9.68. The van der Waals surface area contributed by atoms with Gasteiger partial charge in [-0.2, -0.15) is 0 Å². The number of aromatic nitrogens is 3. The summed E-state index contributed by atoms with van der Waals surface area (Å²) >= 11 is 3.20. The van der Waals surface area contributed by atoms with E-state index in [1.165, 1.54) is 35.7 Å². The lowest BCUT2D eigenvalue weighted by Crippen LogP contribution is -2.40. The van der Waals surface area contributed by atoms with Crippen LogP contribution in [0.15, 0.2) is 85.4 Å². The molecule has 11 heteroatoms. The molecule has 2 aromatic carbocycles. The van der Waals surface area contributed by atoms with Crippen molar-refractivity contribution in [2.75, 3.05) is 14.2 Å². The topological polar surface area (TPSA) is 122 Å². The number of nitrogens with zero attached hydrogens (tertiary/aromatic N) is 3. The first-order valence-electron chi connectivity index (χ1n) is 12.1. The van der Waals surface area contributed by atoms with E-state index in [-0.39, 0.29) is 45.7 Å².